The first kappa shape index (κ1) is 20.3. The molecule has 2 aromatic heterocycles. The number of amides is 2. The average molecular weight is 466 g/mol. The number of carbonyl (C=O) groups is 2. The van der Waals surface area contributed by atoms with E-state index in [0.29, 0.717) is 49.3 Å². The minimum atomic E-state index is -0.256. The molecule has 1 unspecified atom stereocenters. The highest BCUT2D eigenvalue weighted by Crippen LogP contribution is 2.48. The Bertz CT molecular complexity index is 1190. The van der Waals surface area contributed by atoms with Gasteiger partial charge in [-0.15, -0.1) is 21.5 Å². The zero-order valence-corrected chi connectivity index (χ0v) is 18.8. The molecule has 2 amide bonds. The summed E-state index contributed by atoms with van der Waals surface area (Å²) in [6.07, 6.45) is 5.04. The number of hydrogen-bond donors (Lipinski definition) is 0. The third-order valence-electron chi connectivity index (χ3n) is 6.87. The van der Waals surface area contributed by atoms with E-state index in [9.17, 15) is 9.59 Å². The van der Waals surface area contributed by atoms with Crippen molar-refractivity contribution in [3.05, 3.63) is 57.7 Å². The summed E-state index contributed by atoms with van der Waals surface area (Å²) in [5.41, 5.74) is 3.72. The van der Waals surface area contributed by atoms with Gasteiger partial charge in [-0.3, -0.25) is 14.6 Å². The van der Waals surface area contributed by atoms with Gasteiger partial charge in [-0.2, -0.15) is 0 Å². The summed E-state index contributed by atoms with van der Waals surface area (Å²) in [4.78, 5) is 32.4. The Morgan fingerprint density at radius 1 is 1.27 bits per heavy atom. The van der Waals surface area contributed by atoms with Gasteiger partial charge >= 0.3 is 0 Å². The molecule has 33 heavy (non-hydrogen) atoms. The summed E-state index contributed by atoms with van der Waals surface area (Å²) >= 11 is 1.33. The van der Waals surface area contributed by atoms with Crippen LogP contribution in [-0.4, -0.2) is 70.1 Å². The summed E-state index contributed by atoms with van der Waals surface area (Å²) in [5, 5.41) is 8.68. The Labute approximate surface area is 194 Å². The lowest BCUT2D eigenvalue weighted by Crippen LogP contribution is -2.59. The number of ether oxygens (including phenoxy) is 1. The van der Waals surface area contributed by atoms with Gasteiger partial charge in [0, 0.05) is 31.6 Å². The van der Waals surface area contributed by atoms with E-state index in [2.05, 4.69) is 21.2 Å². The normalized spacial score (nSPS) is 20.9. The largest absolute Gasteiger partial charge is 0.493 e. The van der Waals surface area contributed by atoms with E-state index in [1.165, 1.54) is 16.9 Å². The maximum atomic E-state index is 13.0. The summed E-state index contributed by atoms with van der Waals surface area (Å²) in [7, 11) is 0. The van der Waals surface area contributed by atoms with Crippen molar-refractivity contribution in [3.8, 4) is 5.75 Å². The van der Waals surface area contributed by atoms with E-state index < -0.39 is 0 Å². The predicted octanol–water partition coefficient (Wildman–Crippen LogP) is 2.14. The number of nitrogens with zero attached hydrogens (tertiary/aromatic N) is 5. The number of fused-ring (bicyclic) bond motifs is 1. The Morgan fingerprint density at radius 3 is 3.00 bits per heavy atom. The molecule has 1 atom stereocenters. The number of aryl methyl sites for hydroxylation is 1. The summed E-state index contributed by atoms with van der Waals surface area (Å²) in [5.74, 6) is 1.90. The second-order valence-electron chi connectivity index (χ2n) is 9.08. The molecule has 2 saturated heterocycles. The van der Waals surface area contributed by atoms with Crippen LogP contribution in [0.3, 0.4) is 0 Å². The second-order valence-corrected chi connectivity index (χ2v) is 9.97. The number of carbonyl (C=O) groups excluding carboxylic acids is 2. The first-order valence-corrected chi connectivity index (χ1v) is 12.0. The topological polar surface area (TPSA) is 102 Å². The molecule has 9 nitrogen and oxygen atoms in total. The van der Waals surface area contributed by atoms with Crippen LogP contribution in [0.15, 0.2) is 34.3 Å². The van der Waals surface area contributed by atoms with Crippen LogP contribution < -0.4 is 4.74 Å². The van der Waals surface area contributed by atoms with Crippen molar-refractivity contribution in [1.29, 1.82) is 0 Å². The maximum Gasteiger partial charge on any atom is 0.265 e. The predicted molar refractivity (Wildman–Crippen MR) is 118 cm³/mol. The van der Waals surface area contributed by atoms with Crippen molar-refractivity contribution in [2.45, 2.75) is 25.2 Å². The fourth-order valence-corrected chi connectivity index (χ4v) is 5.86. The van der Waals surface area contributed by atoms with Crippen LogP contribution >= 0.6 is 11.3 Å². The van der Waals surface area contributed by atoms with Gasteiger partial charge in [0.2, 0.25) is 18.2 Å². The average Bonchev–Trinajstić information content (AvgIpc) is 3.57. The lowest BCUT2D eigenvalue weighted by Gasteiger charge is -2.48. The Hall–Kier alpha value is -3.27. The van der Waals surface area contributed by atoms with Crippen LogP contribution in [0.2, 0.25) is 0 Å². The molecular weight excluding hydrogens is 442 g/mol. The van der Waals surface area contributed by atoms with E-state index in [4.69, 9.17) is 9.15 Å². The standard InChI is InChI=1S/C23H23N5O4S/c29-14-27-10-23(11-27)12-28(22(30)19-8-24-13-33-19)9-17(23)21-26-25-20(32-21)7-15-3-4-18-16(6-15)2-1-5-31-18/h3-4,6,8,13-14,17H,1-2,5,7,9-12H2. The van der Waals surface area contributed by atoms with Gasteiger partial charge in [0.25, 0.3) is 5.91 Å². The van der Waals surface area contributed by atoms with E-state index >= 15 is 0 Å². The van der Waals surface area contributed by atoms with Crippen molar-refractivity contribution in [1.82, 2.24) is 25.0 Å². The highest BCUT2D eigenvalue weighted by molar-refractivity contribution is 7.11. The van der Waals surface area contributed by atoms with Crippen LogP contribution in [0.25, 0.3) is 0 Å². The zero-order valence-electron chi connectivity index (χ0n) is 18.0. The van der Waals surface area contributed by atoms with Gasteiger partial charge in [-0.05, 0) is 30.0 Å². The number of likely N-dealkylation sites (tertiary alicyclic amines) is 2. The number of thiazole rings is 1. The number of hydrogen-bond acceptors (Lipinski definition) is 8. The molecule has 3 aliphatic heterocycles. The SMILES string of the molecule is O=CN1CC2(C1)CN(C(=O)c1cncs1)CC2c1nnc(Cc2ccc3c(c2)CCCO3)o1. The molecule has 3 aliphatic rings. The molecule has 1 aromatic carbocycles. The molecule has 0 aliphatic carbocycles. The smallest absolute Gasteiger partial charge is 0.265 e. The fourth-order valence-electron chi connectivity index (χ4n) is 5.28. The lowest BCUT2D eigenvalue weighted by atomic mass is 9.72. The highest BCUT2D eigenvalue weighted by Gasteiger charge is 2.57. The van der Waals surface area contributed by atoms with Crippen LogP contribution in [-0.2, 0) is 17.6 Å². The van der Waals surface area contributed by atoms with E-state index in [1.54, 1.807) is 16.6 Å². The van der Waals surface area contributed by atoms with Gasteiger partial charge in [-0.25, -0.2) is 0 Å². The molecule has 6 rings (SSSR count). The number of aromatic nitrogens is 3. The van der Waals surface area contributed by atoms with Gasteiger partial charge in [-0.1, -0.05) is 12.1 Å². The molecule has 3 aromatic rings. The monoisotopic (exact) mass is 465 g/mol. The van der Waals surface area contributed by atoms with Gasteiger partial charge < -0.3 is 19.0 Å². The Kier molecular flexibility index (Phi) is 4.90. The number of benzene rings is 1. The van der Waals surface area contributed by atoms with Crippen LogP contribution in [0.5, 0.6) is 5.75 Å². The van der Waals surface area contributed by atoms with Crippen molar-refractivity contribution in [2.75, 3.05) is 32.8 Å². The molecular formula is C23H23N5O4S. The van der Waals surface area contributed by atoms with Crippen molar-refractivity contribution >= 4 is 23.7 Å². The van der Waals surface area contributed by atoms with Crippen molar-refractivity contribution in [3.63, 3.8) is 0 Å². The van der Waals surface area contributed by atoms with Crippen LogP contribution in [0.1, 0.15) is 44.9 Å². The molecule has 0 N–H and O–H groups in total. The molecule has 170 valence electrons. The maximum absolute atomic E-state index is 13.0. The van der Waals surface area contributed by atoms with Gasteiger partial charge in [0.1, 0.15) is 10.6 Å². The third kappa shape index (κ3) is 3.58. The van der Waals surface area contributed by atoms with E-state index in [0.717, 1.165) is 37.2 Å². The van der Waals surface area contributed by atoms with Gasteiger partial charge in [0.15, 0.2) is 0 Å². The van der Waals surface area contributed by atoms with Gasteiger partial charge in [0.05, 0.1) is 30.7 Å². The molecule has 2 fully saturated rings. The zero-order chi connectivity index (χ0) is 22.4. The van der Waals surface area contributed by atoms with E-state index in [1.807, 2.05) is 17.0 Å². The van der Waals surface area contributed by atoms with Crippen LogP contribution in [0, 0.1) is 5.41 Å². The Balaban J connectivity index is 1.22. The number of rotatable bonds is 5. The molecule has 10 heteroatoms. The lowest BCUT2D eigenvalue weighted by molar-refractivity contribution is -0.129. The molecule has 0 bridgehead atoms. The molecule has 0 saturated carbocycles. The first-order chi connectivity index (χ1) is 16.1. The molecule has 1 spiro atoms. The minimum absolute atomic E-state index is 0.0417. The Morgan fingerprint density at radius 2 is 2.18 bits per heavy atom. The molecule has 5 heterocycles. The van der Waals surface area contributed by atoms with Crippen molar-refractivity contribution < 1.29 is 18.7 Å². The quantitative estimate of drug-likeness (QED) is 0.532. The summed E-state index contributed by atoms with van der Waals surface area (Å²) < 4.78 is 11.8. The van der Waals surface area contributed by atoms with E-state index in [-0.39, 0.29) is 17.2 Å². The third-order valence-corrected chi connectivity index (χ3v) is 7.63. The molecule has 0 radical (unpaired) electrons. The summed E-state index contributed by atoms with van der Waals surface area (Å²) in [6.45, 7) is 2.97. The summed E-state index contributed by atoms with van der Waals surface area (Å²) in [6, 6.07) is 6.20. The van der Waals surface area contributed by atoms with Crippen LogP contribution in [0.4, 0.5) is 0 Å². The van der Waals surface area contributed by atoms with Crippen molar-refractivity contribution in [2.24, 2.45) is 5.41 Å². The first-order valence-electron chi connectivity index (χ1n) is 11.1. The second kappa shape index (κ2) is 7.95. The minimum Gasteiger partial charge on any atom is -0.493 e. The fraction of sp³-hybridized carbons (Fsp3) is 0.435. The highest BCUT2D eigenvalue weighted by atomic mass is 32.1.